The number of aliphatic imine (C=N–C) groups is 1. The summed E-state index contributed by atoms with van der Waals surface area (Å²) in [4.78, 5) is 18.2. The number of aromatic nitrogens is 2. The highest BCUT2D eigenvalue weighted by atomic mass is 35.5. The zero-order valence-electron chi connectivity index (χ0n) is 20.3. The van der Waals surface area contributed by atoms with Crippen molar-refractivity contribution in [2.75, 3.05) is 48.8 Å². The second-order valence-electron chi connectivity index (χ2n) is 8.26. The maximum atomic E-state index is 6.30. The van der Waals surface area contributed by atoms with Crippen LogP contribution >= 0.6 is 35.4 Å². The summed E-state index contributed by atoms with van der Waals surface area (Å²) in [6.07, 6.45) is 0. The number of methoxy groups -OCH3 is 1. The predicted octanol–water partition coefficient (Wildman–Crippen LogP) is 5.40. The SMILES string of the molecule is COc1ccc(N2CCN(/C(=N\C(=S)Nc3ccc(Cl)cc3Cl)Nc3nc(C)cc(C)n3)CC2)cc1. The van der Waals surface area contributed by atoms with Gasteiger partial charge in [0.25, 0.3) is 0 Å². The Morgan fingerprint density at radius 3 is 2.22 bits per heavy atom. The molecule has 0 aliphatic carbocycles. The third-order valence-electron chi connectivity index (χ3n) is 5.60. The van der Waals surface area contributed by atoms with Crippen molar-refractivity contribution in [1.82, 2.24) is 14.9 Å². The van der Waals surface area contributed by atoms with Crippen LogP contribution in [0.4, 0.5) is 17.3 Å². The summed E-state index contributed by atoms with van der Waals surface area (Å²) in [6, 6.07) is 15.2. The molecule has 0 atom stereocenters. The quantitative estimate of drug-likeness (QED) is 0.257. The molecule has 8 nitrogen and oxygen atoms in total. The van der Waals surface area contributed by atoms with Gasteiger partial charge in [-0.15, -0.1) is 0 Å². The zero-order chi connectivity index (χ0) is 25.7. The van der Waals surface area contributed by atoms with Gasteiger partial charge >= 0.3 is 0 Å². The van der Waals surface area contributed by atoms with Crippen LogP contribution in [0.1, 0.15) is 11.4 Å². The number of guanidine groups is 1. The minimum atomic E-state index is 0.253. The van der Waals surface area contributed by atoms with Crippen LogP contribution in [0.5, 0.6) is 5.75 Å². The Balaban J connectivity index is 1.52. The van der Waals surface area contributed by atoms with Crippen LogP contribution in [-0.2, 0) is 0 Å². The summed E-state index contributed by atoms with van der Waals surface area (Å²) in [7, 11) is 1.67. The molecule has 188 valence electrons. The summed E-state index contributed by atoms with van der Waals surface area (Å²) in [6.45, 7) is 6.94. The van der Waals surface area contributed by atoms with Crippen molar-refractivity contribution in [3.63, 3.8) is 0 Å². The van der Waals surface area contributed by atoms with Crippen LogP contribution in [0.3, 0.4) is 0 Å². The van der Waals surface area contributed by atoms with E-state index in [9.17, 15) is 0 Å². The average molecular weight is 545 g/mol. The number of hydrogen-bond donors (Lipinski definition) is 2. The molecule has 3 aromatic rings. The predicted molar refractivity (Wildman–Crippen MR) is 152 cm³/mol. The van der Waals surface area contributed by atoms with Crippen LogP contribution in [0.2, 0.25) is 10.0 Å². The topological polar surface area (TPSA) is 77.9 Å². The number of anilines is 3. The van der Waals surface area contributed by atoms with Gasteiger partial charge in [-0.2, -0.15) is 4.99 Å². The lowest BCUT2D eigenvalue weighted by Crippen LogP contribution is -2.51. The summed E-state index contributed by atoms with van der Waals surface area (Å²) >= 11 is 17.9. The highest BCUT2D eigenvalue weighted by molar-refractivity contribution is 7.80. The van der Waals surface area contributed by atoms with E-state index in [1.165, 1.54) is 0 Å². The number of thiocarbonyl (C=S) groups is 1. The van der Waals surface area contributed by atoms with E-state index in [2.05, 4.69) is 47.5 Å². The molecule has 0 unspecified atom stereocenters. The first-order chi connectivity index (χ1) is 17.3. The first-order valence-corrected chi connectivity index (χ1v) is 12.5. The van der Waals surface area contributed by atoms with Crippen molar-refractivity contribution in [3.8, 4) is 5.75 Å². The molecule has 2 heterocycles. The number of benzene rings is 2. The number of halogens is 2. The Hall–Kier alpha value is -3.14. The molecule has 0 bridgehead atoms. The summed E-state index contributed by atoms with van der Waals surface area (Å²) < 4.78 is 5.28. The third-order valence-corrected chi connectivity index (χ3v) is 6.34. The Kier molecular flexibility index (Phi) is 8.45. The second kappa shape index (κ2) is 11.7. The fourth-order valence-corrected chi connectivity index (χ4v) is 4.51. The molecule has 1 aliphatic heterocycles. The van der Waals surface area contributed by atoms with Crippen LogP contribution in [0, 0.1) is 13.8 Å². The molecule has 1 saturated heterocycles. The minimum absolute atomic E-state index is 0.253. The molecule has 1 aliphatic rings. The van der Waals surface area contributed by atoms with E-state index >= 15 is 0 Å². The smallest absolute Gasteiger partial charge is 0.229 e. The van der Waals surface area contributed by atoms with Gasteiger partial charge in [0, 0.05) is 48.3 Å². The molecule has 0 spiro atoms. The van der Waals surface area contributed by atoms with Crippen LogP contribution in [0.15, 0.2) is 53.5 Å². The lowest BCUT2D eigenvalue weighted by atomic mass is 10.2. The zero-order valence-corrected chi connectivity index (χ0v) is 22.6. The van der Waals surface area contributed by atoms with Crippen molar-refractivity contribution in [2.45, 2.75) is 13.8 Å². The van der Waals surface area contributed by atoms with Crippen molar-refractivity contribution in [3.05, 3.63) is 70.0 Å². The number of aryl methyl sites for hydroxylation is 2. The van der Waals surface area contributed by atoms with E-state index in [0.717, 1.165) is 49.0 Å². The summed E-state index contributed by atoms with van der Waals surface area (Å²) in [5.41, 5.74) is 3.50. The van der Waals surface area contributed by atoms with E-state index in [1.807, 2.05) is 32.0 Å². The molecule has 0 amide bonds. The molecule has 1 aromatic heterocycles. The monoisotopic (exact) mass is 543 g/mol. The normalized spacial score (nSPS) is 14.0. The van der Waals surface area contributed by atoms with Crippen molar-refractivity contribution >= 4 is 63.8 Å². The fourth-order valence-electron chi connectivity index (χ4n) is 3.86. The number of ether oxygens (including phenoxy) is 1. The Bertz CT molecular complexity index is 1240. The third kappa shape index (κ3) is 6.75. The van der Waals surface area contributed by atoms with Gasteiger partial charge in [-0.1, -0.05) is 23.2 Å². The largest absolute Gasteiger partial charge is 0.497 e. The lowest BCUT2D eigenvalue weighted by Gasteiger charge is -2.37. The first-order valence-electron chi connectivity index (χ1n) is 11.4. The highest BCUT2D eigenvalue weighted by Gasteiger charge is 2.22. The Morgan fingerprint density at radius 2 is 1.61 bits per heavy atom. The number of rotatable bonds is 4. The van der Waals surface area contributed by atoms with Crippen LogP contribution in [0.25, 0.3) is 0 Å². The molecule has 11 heteroatoms. The number of hydrogen-bond acceptors (Lipinski definition) is 5. The van der Waals surface area contributed by atoms with Crippen molar-refractivity contribution in [2.24, 2.45) is 4.99 Å². The lowest BCUT2D eigenvalue weighted by molar-refractivity contribution is 0.385. The first kappa shape index (κ1) is 25.9. The van der Waals surface area contributed by atoms with E-state index < -0.39 is 0 Å². The van der Waals surface area contributed by atoms with Gasteiger partial charge < -0.3 is 19.9 Å². The van der Waals surface area contributed by atoms with Crippen molar-refractivity contribution in [1.29, 1.82) is 0 Å². The molecule has 4 rings (SSSR count). The van der Waals surface area contributed by atoms with Gasteiger partial charge in [-0.3, -0.25) is 5.32 Å². The summed E-state index contributed by atoms with van der Waals surface area (Å²) in [5, 5.41) is 7.62. The van der Waals surface area contributed by atoms with Gasteiger partial charge in [0.2, 0.25) is 17.0 Å². The number of piperazine rings is 1. The van der Waals surface area contributed by atoms with Gasteiger partial charge in [-0.25, -0.2) is 9.97 Å². The molecule has 2 aromatic carbocycles. The molecule has 2 N–H and O–H groups in total. The van der Waals surface area contributed by atoms with E-state index in [-0.39, 0.29) is 5.11 Å². The Morgan fingerprint density at radius 1 is 0.944 bits per heavy atom. The maximum absolute atomic E-state index is 6.30. The standard InChI is InChI=1S/C25H27Cl2N7OS/c1-16-14-17(2)29-23(28-16)31-24(32-25(36)30-22-9-4-18(26)15-21(22)27)34-12-10-33(11-13-34)19-5-7-20(35-3)8-6-19/h4-9,14-15H,10-13H2,1-3H3,(H2,28,29,30,31,32,36). The minimum Gasteiger partial charge on any atom is -0.497 e. The number of nitrogens with zero attached hydrogens (tertiary/aromatic N) is 5. The highest BCUT2D eigenvalue weighted by Crippen LogP contribution is 2.26. The van der Waals surface area contributed by atoms with E-state index in [1.54, 1.807) is 25.3 Å². The summed E-state index contributed by atoms with van der Waals surface area (Å²) in [5.74, 6) is 1.87. The second-order valence-corrected chi connectivity index (χ2v) is 9.49. The average Bonchev–Trinajstić information content (AvgIpc) is 2.85. The molecular formula is C25H27Cl2N7OS. The van der Waals surface area contributed by atoms with Crippen molar-refractivity contribution < 1.29 is 4.74 Å². The molecule has 0 saturated carbocycles. The molecule has 0 radical (unpaired) electrons. The van der Waals surface area contributed by atoms with E-state index in [4.69, 9.17) is 40.2 Å². The molecular weight excluding hydrogens is 517 g/mol. The van der Waals surface area contributed by atoms with Gasteiger partial charge in [0.1, 0.15) is 5.75 Å². The fraction of sp³-hybridized carbons (Fsp3) is 0.280. The van der Waals surface area contributed by atoms with Crippen LogP contribution < -0.4 is 20.3 Å². The Labute approximate surface area is 226 Å². The van der Waals surface area contributed by atoms with E-state index in [0.29, 0.717) is 27.6 Å². The van der Waals surface area contributed by atoms with Gasteiger partial charge in [-0.05, 0) is 74.6 Å². The van der Waals surface area contributed by atoms with Crippen LogP contribution in [-0.4, -0.2) is 59.2 Å². The molecule has 1 fully saturated rings. The molecule has 36 heavy (non-hydrogen) atoms. The maximum Gasteiger partial charge on any atom is 0.229 e. The van der Waals surface area contributed by atoms with Gasteiger partial charge in [0.05, 0.1) is 17.8 Å². The van der Waals surface area contributed by atoms with Gasteiger partial charge in [0.15, 0.2) is 0 Å². The number of nitrogens with one attached hydrogen (secondary N) is 2.